The highest BCUT2D eigenvalue weighted by molar-refractivity contribution is 7.91. The summed E-state index contributed by atoms with van der Waals surface area (Å²) < 4.78 is 23.1. The third-order valence-corrected chi connectivity index (χ3v) is 6.04. The van der Waals surface area contributed by atoms with E-state index in [1.54, 1.807) is 31.3 Å². The molecule has 1 heterocycles. The molecule has 1 aliphatic heterocycles. The van der Waals surface area contributed by atoms with Crippen molar-refractivity contribution in [2.75, 3.05) is 25.1 Å². The van der Waals surface area contributed by atoms with Crippen molar-refractivity contribution in [2.24, 2.45) is 0 Å². The largest absolute Gasteiger partial charge is 0.352 e. The van der Waals surface area contributed by atoms with Crippen molar-refractivity contribution in [1.29, 1.82) is 0 Å². The summed E-state index contributed by atoms with van der Waals surface area (Å²) in [5.74, 6) is -0.230. The third-order valence-electron chi connectivity index (χ3n) is 4.29. The van der Waals surface area contributed by atoms with Crippen molar-refractivity contribution in [1.82, 2.24) is 10.2 Å². The van der Waals surface area contributed by atoms with Gasteiger partial charge in [-0.15, -0.1) is 0 Å². The van der Waals surface area contributed by atoms with Crippen LogP contribution in [0.4, 0.5) is 0 Å². The number of carbonyl (C=O) groups excluding carboxylic acids is 2. The summed E-state index contributed by atoms with van der Waals surface area (Å²) in [5.41, 5.74) is 0.959. The second kappa shape index (κ2) is 7.79. The minimum Gasteiger partial charge on any atom is -0.352 e. The Labute approximate surface area is 143 Å². The van der Waals surface area contributed by atoms with Crippen molar-refractivity contribution in [3.8, 4) is 0 Å². The van der Waals surface area contributed by atoms with Crippen LogP contribution in [-0.2, 0) is 9.84 Å². The monoisotopic (exact) mass is 352 g/mol. The molecule has 0 aliphatic carbocycles. The second-order valence-corrected chi connectivity index (χ2v) is 8.39. The molecule has 0 aromatic heterocycles. The first-order valence-electron chi connectivity index (χ1n) is 8.20. The highest BCUT2D eigenvalue weighted by atomic mass is 32.2. The van der Waals surface area contributed by atoms with Crippen LogP contribution in [0.2, 0.25) is 0 Å². The number of carbonyl (C=O) groups is 2. The maximum Gasteiger partial charge on any atom is 0.253 e. The number of amides is 2. The van der Waals surface area contributed by atoms with Crippen LogP contribution in [0, 0.1) is 0 Å². The number of sulfone groups is 1. The molecule has 1 fully saturated rings. The van der Waals surface area contributed by atoms with E-state index in [0.29, 0.717) is 24.1 Å². The van der Waals surface area contributed by atoms with E-state index in [9.17, 15) is 18.0 Å². The van der Waals surface area contributed by atoms with Gasteiger partial charge in [-0.1, -0.05) is 13.3 Å². The molecule has 1 aromatic carbocycles. The van der Waals surface area contributed by atoms with Gasteiger partial charge in [0.05, 0.1) is 11.5 Å². The summed E-state index contributed by atoms with van der Waals surface area (Å²) in [6.07, 6.45) is 2.41. The Hall–Kier alpha value is -1.89. The molecule has 0 bridgehead atoms. The Morgan fingerprint density at radius 3 is 2.38 bits per heavy atom. The summed E-state index contributed by atoms with van der Waals surface area (Å²) in [6, 6.07) is 6.18. The van der Waals surface area contributed by atoms with E-state index >= 15 is 0 Å². The van der Waals surface area contributed by atoms with Crippen LogP contribution in [0.15, 0.2) is 24.3 Å². The summed E-state index contributed by atoms with van der Waals surface area (Å²) >= 11 is 0. The minimum atomic E-state index is -3.03. The van der Waals surface area contributed by atoms with Crippen molar-refractivity contribution in [3.63, 3.8) is 0 Å². The zero-order chi connectivity index (χ0) is 17.7. The van der Waals surface area contributed by atoms with Crippen molar-refractivity contribution in [2.45, 2.75) is 32.2 Å². The summed E-state index contributed by atoms with van der Waals surface area (Å²) in [5, 5.41) is 2.82. The Kier molecular flexibility index (Phi) is 5.99. The lowest BCUT2D eigenvalue weighted by Crippen LogP contribution is -2.37. The van der Waals surface area contributed by atoms with E-state index in [4.69, 9.17) is 0 Å². The molecule has 2 rings (SSSR count). The van der Waals surface area contributed by atoms with Crippen molar-refractivity contribution in [3.05, 3.63) is 35.4 Å². The average molecular weight is 352 g/mol. The van der Waals surface area contributed by atoms with E-state index in [1.807, 2.05) is 0 Å². The third kappa shape index (κ3) is 4.56. The molecule has 0 saturated carbocycles. The normalized spacial score (nSPS) is 19.0. The topological polar surface area (TPSA) is 83.6 Å². The molecule has 7 heteroatoms. The van der Waals surface area contributed by atoms with Crippen LogP contribution in [0.3, 0.4) is 0 Å². The highest BCUT2D eigenvalue weighted by Gasteiger charge is 2.33. The zero-order valence-electron chi connectivity index (χ0n) is 14.1. The molecule has 132 valence electrons. The van der Waals surface area contributed by atoms with Gasteiger partial charge >= 0.3 is 0 Å². The van der Waals surface area contributed by atoms with Gasteiger partial charge in [-0.05, 0) is 37.1 Å². The summed E-state index contributed by atoms with van der Waals surface area (Å²) in [4.78, 5) is 25.9. The highest BCUT2D eigenvalue weighted by Crippen LogP contribution is 2.18. The first-order chi connectivity index (χ1) is 11.3. The van der Waals surface area contributed by atoms with Gasteiger partial charge in [0, 0.05) is 30.8 Å². The summed E-state index contributed by atoms with van der Waals surface area (Å²) in [7, 11) is -1.41. The van der Waals surface area contributed by atoms with E-state index in [-0.39, 0.29) is 29.4 Å². The van der Waals surface area contributed by atoms with Gasteiger partial charge < -0.3 is 10.2 Å². The number of nitrogens with one attached hydrogen (secondary N) is 1. The predicted octanol–water partition coefficient (Wildman–Crippen LogP) is 1.48. The molecular formula is C17H24N2O4S. The Morgan fingerprint density at radius 2 is 1.83 bits per heavy atom. The van der Waals surface area contributed by atoms with Gasteiger partial charge in [0.15, 0.2) is 9.84 Å². The molecule has 0 spiro atoms. The van der Waals surface area contributed by atoms with Crippen LogP contribution >= 0.6 is 0 Å². The molecule has 6 nitrogen and oxygen atoms in total. The number of unbranched alkanes of at least 4 members (excludes halogenated alkanes) is 1. The SMILES string of the molecule is CCCCNC(=O)c1ccc(C(=O)N(C)C2CCS(=O)(=O)C2)cc1. The van der Waals surface area contributed by atoms with Gasteiger partial charge in [0.2, 0.25) is 0 Å². The molecule has 1 saturated heterocycles. The first kappa shape index (κ1) is 18.4. The van der Waals surface area contributed by atoms with E-state index in [0.717, 1.165) is 12.8 Å². The lowest BCUT2D eigenvalue weighted by atomic mass is 10.1. The standard InChI is InChI=1S/C17H24N2O4S/c1-3-4-10-18-16(20)13-5-7-14(8-6-13)17(21)19(2)15-9-11-24(22,23)12-15/h5-8,15H,3-4,9-12H2,1-2H3,(H,18,20). The zero-order valence-corrected chi connectivity index (χ0v) is 14.9. The fourth-order valence-electron chi connectivity index (χ4n) is 2.70. The van der Waals surface area contributed by atoms with Crippen LogP contribution < -0.4 is 5.32 Å². The molecule has 0 radical (unpaired) electrons. The molecule has 24 heavy (non-hydrogen) atoms. The molecule has 1 N–H and O–H groups in total. The molecule has 1 unspecified atom stereocenters. The first-order valence-corrected chi connectivity index (χ1v) is 10.0. The van der Waals surface area contributed by atoms with Gasteiger partial charge in [-0.3, -0.25) is 9.59 Å². The quantitative estimate of drug-likeness (QED) is 0.786. The van der Waals surface area contributed by atoms with Gasteiger partial charge in [-0.25, -0.2) is 8.42 Å². The fraction of sp³-hybridized carbons (Fsp3) is 0.529. The van der Waals surface area contributed by atoms with Crippen molar-refractivity contribution < 1.29 is 18.0 Å². The smallest absolute Gasteiger partial charge is 0.253 e. The second-order valence-electron chi connectivity index (χ2n) is 6.16. The van der Waals surface area contributed by atoms with Crippen molar-refractivity contribution >= 4 is 21.7 Å². The number of hydrogen-bond donors (Lipinski definition) is 1. The van der Waals surface area contributed by atoms with Crippen LogP contribution in [0.1, 0.15) is 46.9 Å². The van der Waals surface area contributed by atoms with Crippen LogP contribution in [-0.4, -0.2) is 56.3 Å². The number of nitrogens with zero attached hydrogens (tertiary/aromatic N) is 1. The Balaban J connectivity index is 1.99. The maximum absolute atomic E-state index is 12.5. The Bertz CT molecular complexity index is 698. The fourth-order valence-corrected chi connectivity index (χ4v) is 4.47. The van der Waals surface area contributed by atoms with Gasteiger partial charge in [0.25, 0.3) is 11.8 Å². The van der Waals surface area contributed by atoms with E-state index in [2.05, 4.69) is 12.2 Å². The molecular weight excluding hydrogens is 328 g/mol. The van der Waals surface area contributed by atoms with Crippen LogP contribution in [0.25, 0.3) is 0 Å². The maximum atomic E-state index is 12.5. The van der Waals surface area contributed by atoms with Crippen LogP contribution in [0.5, 0.6) is 0 Å². The molecule has 1 atom stereocenters. The average Bonchev–Trinajstić information content (AvgIpc) is 2.93. The Morgan fingerprint density at radius 1 is 1.21 bits per heavy atom. The lowest BCUT2D eigenvalue weighted by molar-refractivity contribution is 0.0747. The molecule has 1 aromatic rings. The minimum absolute atomic E-state index is 0.0210. The van der Waals surface area contributed by atoms with E-state index in [1.165, 1.54) is 4.90 Å². The summed E-state index contributed by atoms with van der Waals surface area (Å²) in [6.45, 7) is 2.69. The molecule has 2 amide bonds. The van der Waals surface area contributed by atoms with Gasteiger partial charge in [-0.2, -0.15) is 0 Å². The van der Waals surface area contributed by atoms with Gasteiger partial charge in [0.1, 0.15) is 0 Å². The van der Waals surface area contributed by atoms with E-state index < -0.39 is 9.84 Å². The number of hydrogen-bond acceptors (Lipinski definition) is 4. The lowest BCUT2D eigenvalue weighted by Gasteiger charge is -2.23. The number of benzene rings is 1. The number of rotatable bonds is 6. The molecule has 1 aliphatic rings. The predicted molar refractivity (Wildman–Crippen MR) is 92.8 cm³/mol.